The van der Waals surface area contributed by atoms with Crippen molar-refractivity contribution in [2.24, 2.45) is 0 Å². The molecule has 0 aliphatic rings. The van der Waals surface area contributed by atoms with Crippen molar-refractivity contribution in [3.8, 4) is 0 Å². The fraction of sp³-hybridized carbons (Fsp3) is 1.00. The Morgan fingerprint density at radius 1 is 1.40 bits per heavy atom. The molecule has 0 spiro atoms. The van der Waals surface area contributed by atoms with Gasteiger partial charge in [0.1, 0.15) is 0 Å². The second-order valence-electron chi connectivity index (χ2n) is 1.78. The summed E-state index contributed by atoms with van der Waals surface area (Å²) in [6, 6.07) is 0. The Balaban J connectivity index is 0. The van der Waals surface area contributed by atoms with Crippen molar-refractivity contribution in [2.75, 3.05) is 6.54 Å². The van der Waals surface area contributed by atoms with Gasteiger partial charge in [0.05, 0.1) is 11.6 Å². The summed E-state index contributed by atoms with van der Waals surface area (Å²) >= 11 is 0. The van der Waals surface area contributed by atoms with Crippen LogP contribution in [0.25, 0.3) is 0 Å². The van der Waals surface area contributed by atoms with Crippen LogP contribution >= 0.6 is 0 Å². The number of rotatable bonds is 3. The molecule has 0 saturated carbocycles. The molecule has 0 rings (SSSR count). The zero-order valence-corrected chi connectivity index (χ0v) is 6.21. The molecule has 0 heterocycles. The fourth-order valence-electron chi connectivity index (χ4n) is 0.427. The third kappa shape index (κ3) is 58.2. The van der Waals surface area contributed by atoms with Gasteiger partial charge in [0.2, 0.25) is 0 Å². The zero-order valence-electron chi connectivity index (χ0n) is 6.21. The predicted octanol–water partition coefficient (Wildman–Crippen LogP) is 0.179. The van der Waals surface area contributed by atoms with Crippen molar-refractivity contribution in [1.82, 2.24) is 0 Å². The van der Waals surface area contributed by atoms with Gasteiger partial charge in [-0.05, 0) is 12.8 Å². The Kier molecular flexibility index (Phi) is 13.1. The Morgan fingerprint density at radius 2 is 1.80 bits per heavy atom. The molecule has 0 bridgehead atoms. The molecule has 10 heavy (non-hydrogen) atoms. The summed E-state index contributed by atoms with van der Waals surface area (Å²) < 4.78 is 0. The molecule has 0 saturated heterocycles. The number of nitrogens with zero attached hydrogens (tertiary/aromatic N) is 1. The molecule has 0 aromatic heterocycles. The molecule has 0 unspecified atom stereocenters. The highest BCUT2D eigenvalue weighted by atomic mass is 16.9. The van der Waals surface area contributed by atoms with Gasteiger partial charge in [0.25, 0.3) is 0 Å². The van der Waals surface area contributed by atoms with E-state index in [1.165, 1.54) is 19.3 Å². The Hall–Kier alpha value is -0.840. The smallest absolute Gasteiger partial charge is 0.0739 e. The molecule has 0 atom stereocenters. The third-order valence-electron chi connectivity index (χ3n) is 0.854. The summed E-state index contributed by atoms with van der Waals surface area (Å²) in [5, 5.41) is 14.8. The maximum Gasteiger partial charge on any atom is 0.0739 e. The third-order valence-corrected chi connectivity index (χ3v) is 0.854. The summed E-state index contributed by atoms with van der Waals surface area (Å²) in [6.07, 6.45) is 3.97. The molecular formula is C5H14N2O3. The van der Waals surface area contributed by atoms with E-state index in [1.54, 1.807) is 0 Å². The zero-order chi connectivity index (χ0) is 8.41. The number of unbranched alkanes of at least 4 members (excludes halogenated alkanes) is 2. The Bertz CT molecular complexity index is 69.3. The minimum atomic E-state index is -1.75. The van der Waals surface area contributed by atoms with E-state index < -0.39 is 5.09 Å². The SMILES string of the molecule is CCCCC[NH3+].O=[N+]([O-])[O-]. The van der Waals surface area contributed by atoms with Crippen molar-refractivity contribution in [3.63, 3.8) is 0 Å². The van der Waals surface area contributed by atoms with Crippen LogP contribution in [0.3, 0.4) is 0 Å². The van der Waals surface area contributed by atoms with Crippen molar-refractivity contribution in [2.45, 2.75) is 26.2 Å². The Morgan fingerprint density at radius 3 is 1.90 bits per heavy atom. The van der Waals surface area contributed by atoms with Gasteiger partial charge >= 0.3 is 0 Å². The van der Waals surface area contributed by atoms with Gasteiger partial charge in [0, 0.05) is 0 Å². The fourth-order valence-corrected chi connectivity index (χ4v) is 0.427. The van der Waals surface area contributed by atoms with Gasteiger partial charge in [-0.3, -0.25) is 0 Å². The summed E-state index contributed by atoms with van der Waals surface area (Å²) in [6.45, 7) is 3.31. The second kappa shape index (κ2) is 11.0. The Labute approximate surface area is 59.9 Å². The van der Waals surface area contributed by atoms with Gasteiger partial charge in [-0.2, -0.15) is 0 Å². The van der Waals surface area contributed by atoms with Crippen LogP contribution in [0, 0.1) is 15.3 Å². The van der Waals surface area contributed by atoms with Gasteiger partial charge < -0.3 is 21.1 Å². The average molecular weight is 150 g/mol. The molecule has 0 fully saturated rings. The van der Waals surface area contributed by atoms with E-state index >= 15 is 0 Å². The van der Waals surface area contributed by atoms with Gasteiger partial charge in [-0.25, -0.2) is 0 Å². The number of quaternary nitrogens is 1. The monoisotopic (exact) mass is 150 g/mol. The van der Waals surface area contributed by atoms with Gasteiger partial charge in [-0.1, -0.05) is 13.3 Å². The molecule has 0 aromatic carbocycles. The summed E-state index contributed by atoms with van der Waals surface area (Å²) in [5.41, 5.74) is 3.72. The normalized spacial score (nSPS) is 7.80. The highest BCUT2D eigenvalue weighted by Gasteiger charge is 1.77. The second-order valence-corrected chi connectivity index (χ2v) is 1.78. The summed E-state index contributed by atoms with van der Waals surface area (Å²) in [4.78, 5) is 8.25. The van der Waals surface area contributed by atoms with E-state index in [-0.39, 0.29) is 0 Å². The first-order chi connectivity index (χ1) is 4.65. The van der Waals surface area contributed by atoms with E-state index in [0.717, 1.165) is 6.54 Å². The number of hydrogen-bond donors (Lipinski definition) is 1. The minimum Gasteiger partial charge on any atom is -0.358 e. The van der Waals surface area contributed by atoms with Crippen molar-refractivity contribution in [1.29, 1.82) is 0 Å². The van der Waals surface area contributed by atoms with Crippen molar-refractivity contribution in [3.05, 3.63) is 15.3 Å². The van der Waals surface area contributed by atoms with E-state index in [2.05, 4.69) is 12.7 Å². The highest BCUT2D eigenvalue weighted by molar-refractivity contribution is 4.29. The molecule has 0 radical (unpaired) electrons. The van der Waals surface area contributed by atoms with Crippen LogP contribution in [0.5, 0.6) is 0 Å². The lowest BCUT2D eigenvalue weighted by Crippen LogP contribution is -2.49. The topological polar surface area (TPSA) is 93.8 Å². The van der Waals surface area contributed by atoms with Crippen LogP contribution < -0.4 is 5.73 Å². The molecule has 5 nitrogen and oxygen atoms in total. The lowest BCUT2D eigenvalue weighted by Gasteiger charge is -1.84. The quantitative estimate of drug-likeness (QED) is 0.353. The van der Waals surface area contributed by atoms with Crippen molar-refractivity contribution < 1.29 is 10.8 Å². The average Bonchev–Trinajstić information content (AvgIpc) is 1.82. The molecular weight excluding hydrogens is 136 g/mol. The molecule has 0 amide bonds. The maximum atomic E-state index is 8.25. The summed E-state index contributed by atoms with van der Waals surface area (Å²) in [5.74, 6) is 0. The molecule has 5 heteroatoms. The van der Waals surface area contributed by atoms with Gasteiger partial charge in [-0.15, -0.1) is 0 Å². The molecule has 0 aliphatic heterocycles. The van der Waals surface area contributed by atoms with Crippen LogP contribution in [0.15, 0.2) is 0 Å². The van der Waals surface area contributed by atoms with Crippen LogP contribution in [-0.2, 0) is 0 Å². The van der Waals surface area contributed by atoms with Crippen LogP contribution in [0.1, 0.15) is 26.2 Å². The minimum absolute atomic E-state index is 1.10. The molecule has 62 valence electrons. The molecule has 3 N–H and O–H groups in total. The first kappa shape index (κ1) is 11.9. The van der Waals surface area contributed by atoms with Crippen LogP contribution in [0.4, 0.5) is 0 Å². The highest BCUT2D eigenvalue weighted by Crippen LogP contribution is 1.87. The van der Waals surface area contributed by atoms with E-state index in [0.29, 0.717) is 0 Å². The first-order valence-electron chi connectivity index (χ1n) is 3.25. The lowest BCUT2D eigenvalue weighted by molar-refractivity contribution is -0.402. The molecule has 0 aliphatic carbocycles. The van der Waals surface area contributed by atoms with E-state index in [1.807, 2.05) is 0 Å². The van der Waals surface area contributed by atoms with E-state index in [4.69, 9.17) is 15.3 Å². The van der Waals surface area contributed by atoms with E-state index in [9.17, 15) is 0 Å². The summed E-state index contributed by atoms with van der Waals surface area (Å²) in [7, 11) is 0. The molecule has 0 aromatic rings. The first-order valence-corrected chi connectivity index (χ1v) is 3.25. The largest absolute Gasteiger partial charge is 0.358 e. The van der Waals surface area contributed by atoms with Crippen LogP contribution in [-0.4, -0.2) is 11.6 Å². The van der Waals surface area contributed by atoms with Gasteiger partial charge in [0.15, 0.2) is 0 Å². The van der Waals surface area contributed by atoms with Crippen molar-refractivity contribution >= 4 is 0 Å². The standard InChI is InChI=1S/C5H13N.NO3/c1-2-3-4-5-6;2-1(3)4/h2-6H2,1H3;/q;-1/p+1. The lowest BCUT2D eigenvalue weighted by atomic mass is 10.3. The van der Waals surface area contributed by atoms with Crippen LogP contribution in [0.2, 0.25) is 0 Å². The predicted molar refractivity (Wildman–Crippen MR) is 37.6 cm³/mol. The number of hydrogen-bond acceptors (Lipinski definition) is 3. The maximum absolute atomic E-state index is 8.25.